The van der Waals surface area contributed by atoms with Crippen LogP contribution >= 0.6 is 23.2 Å². The molecule has 1 saturated heterocycles. The molecule has 0 saturated carbocycles. The summed E-state index contributed by atoms with van der Waals surface area (Å²) in [5.41, 5.74) is -1.06. The molecule has 6 nitrogen and oxygen atoms in total. The number of carboxylic acid groups (broad SMARTS) is 1. The molecule has 1 aromatic carbocycles. The molecular formula is C15H18Cl2N2O4. The SMILES string of the molecule is COC(C)(C(=O)O)C(=O)NC1CCN(c2ccc(Cl)cc2Cl)C1. The molecule has 1 amide bonds. The van der Waals surface area contributed by atoms with Crippen LogP contribution in [-0.2, 0) is 14.3 Å². The Hall–Kier alpha value is -1.50. The topological polar surface area (TPSA) is 78.9 Å². The number of carboxylic acids is 1. The summed E-state index contributed by atoms with van der Waals surface area (Å²) in [6.07, 6.45) is 0.685. The molecule has 126 valence electrons. The molecule has 2 N–H and O–H groups in total. The Labute approximate surface area is 144 Å². The van der Waals surface area contributed by atoms with E-state index in [4.69, 9.17) is 33.0 Å². The highest BCUT2D eigenvalue weighted by molar-refractivity contribution is 6.36. The second-order valence-electron chi connectivity index (χ2n) is 5.54. The number of methoxy groups -OCH3 is 1. The third-order valence-electron chi connectivity index (χ3n) is 4.02. The van der Waals surface area contributed by atoms with Gasteiger partial charge in [0.15, 0.2) is 0 Å². The second kappa shape index (κ2) is 6.95. The first-order chi connectivity index (χ1) is 10.8. The molecule has 1 fully saturated rings. The van der Waals surface area contributed by atoms with Crippen molar-refractivity contribution in [2.75, 3.05) is 25.1 Å². The molecule has 1 aliphatic rings. The monoisotopic (exact) mass is 360 g/mol. The summed E-state index contributed by atoms with van der Waals surface area (Å²) >= 11 is 12.1. The van der Waals surface area contributed by atoms with Gasteiger partial charge >= 0.3 is 5.97 Å². The lowest BCUT2D eigenvalue weighted by Gasteiger charge is -2.25. The maximum Gasteiger partial charge on any atom is 0.345 e. The lowest BCUT2D eigenvalue weighted by atomic mass is 10.1. The van der Waals surface area contributed by atoms with Gasteiger partial charge in [0.25, 0.3) is 5.91 Å². The molecule has 0 bridgehead atoms. The number of carbonyl (C=O) groups is 2. The van der Waals surface area contributed by atoms with Crippen LogP contribution in [-0.4, -0.2) is 48.8 Å². The highest BCUT2D eigenvalue weighted by Gasteiger charge is 2.43. The van der Waals surface area contributed by atoms with Crippen LogP contribution in [0.3, 0.4) is 0 Å². The van der Waals surface area contributed by atoms with Gasteiger partial charge in [0.2, 0.25) is 5.60 Å². The summed E-state index contributed by atoms with van der Waals surface area (Å²) in [5, 5.41) is 13.0. The molecule has 0 spiro atoms. The van der Waals surface area contributed by atoms with Crippen molar-refractivity contribution in [1.29, 1.82) is 0 Å². The quantitative estimate of drug-likeness (QED) is 0.786. The van der Waals surface area contributed by atoms with Crippen molar-refractivity contribution in [2.24, 2.45) is 0 Å². The molecule has 23 heavy (non-hydrogen) atoms. The second-order valence-corrected chi connectivity index (χ2v) is 6.39. The molecule has 0 aromatic heterocycles. The maximum absolute atomic E-state index is 12.2. The van der Waals surface area contributed by atoms with E-state index in [2.05, 4.69) is 5.32 Å². The van der Waals surface area contributed by atoms with Crippen molar-refractivity contribution in [1.82, 2.24) is 5.32 Å². The van der Waals surface area contributed by atoms with Crippen LogP contribution in [0.5, 0.6) is 0 Å². The normalized spacial score (nSPS) is 20.2. The molecule has 2 atom stereocenters. The van der Waals surface area contributed by atoms with Crippen LogP contribution in [0.15, 0.2) is 18.2 Å². The molecule has 0 aliphatic carbocycles. The summed E-state index contributed by atoms with van der Waals surface area (Å²) in [5.74, 6) is -1.99. The van der Waals surface area contributed by atoms with Gasteiger partial charge < -0.3 is 20.1 Å². The number of hydrogen-bond acceptors (Lipinski definition) is 4. The summed E-state index contributed by atoms with van der Waals surface area (Å²) in [6.45, 7) is 2.46. The van der Waals surface area contributed by atoms with Crippen molar-refractivity contribution in [3.8, 4) is 0 Å². The summed E-state index contributed by atoms with van der Waals surface area (Å²) < 4.78 is 4.85. The predicted octanol–water partition coefficient (Wildman–Crippen LogP) is 2.18. The van der Waals surface area contributed by atoms with Gasteiger partial charge in [0.05, 0.1) is 10.7 Å². The van der Waals surface area contributed by atoms with Crippen molar-refractivity contribution >= 4 is 40.8 Å². The first-order valence-corrected chi connectivity index (χ1v) is 7.83. The van der Waals surface area contributed by atoms with E-state index in [1.54, 1.807) is 12.1 Å². The number of hydrogen-bond donors (Lipinski definition) is 2. The molecule has 2 unspecified atom stereocenters. The van der Waals surface area contributed by atoms with Gasteiger partial charge in [-0.15, -0.1) is 0 Å². The lowest BCUT2D eigenvalue weighted by molar-refractivity contribution is -0.168. The van der Waals surface area contributed by atoms with Gasteiger partial charge in [0.1, 0.15) is 0 Å². The minimum atomic E-state index is -1.90. The number of benzene rings is 1. The van der Waals surface area contributed by atoms with E-state index in [9.17, 15) is 9.59 Å². The van der Waals surface area contributed by atoms with Gasteiger partial charge in [-0.1, -0.05) is 23.2 Å². The average Bonchev–Trinajstić information content (AvgIpc) is 2.94. The largest absolute Gasteiger partial charge is 0.479 e. The summed E-state index contributed by atoms with van der Waals surface area (Å²) in [6, 6.07) is 5.06. The minimum Gasteiger partial charge on any atom is -0.479 e. The zero-order chi connectivity index (χ0) is 17.2. The van der Waals surface area contributed by atoms with E-state index >= 15 is 0 Å². The fourth-order valence-corrected chi connectivity index (χ4v) is 2.96. The Morgan fingerprint density at radius 2 is 2.13 bits per heavy atom. The van der Waals surface area contributed by atoms with E-state index in [0.717, 1.165) is 5.69 Å². The van der Waals surface area contributed by atoms with Crippen LogP contribution in [0.25, 0.3) is 0 Å². The van der Waals surface area contributed by atoms with Crippen molar-refractivity contribution < 1.29 is 19.4 Å². The third kappa shape index (κ3) is 3.71. The van der Waals surface area contributed by atoms with E-state index in [0.29, 0.717) is 29.6 Å². The smallest absolute Gasteiger partial charge is 0.345 e. The first-order valence-electron chi connectivity index (χ1n) is 7.07. The number of ether oxygens (including phenoxy) is 1. The Bertz CT molecular complexity index is 625. The molecule has 2 rings (SSSR count). The standard InChI is InChI=1S/C15H18Cl2N2O4/c1-15(23-2,14(21)22)13(20)18-10-5-6-19(8-10)12-4-3-9(16)7-11(12)17/h3-4,7,10H,5-6,8H2,1-2H3,(H,18,20)(H,21,22). The van der Waals surface area contributed by atoms with Crippen LogP contribution in [0.4, 0.5) is 5.69 Å². The first kappa shape index (κ1) is 17.8. The van der Waals surface area contributed by atoms with E-state index in [1.807, 2.05) is 11.0 Å². The van der Waals surface area contributed by atoms with Crippen molar-refractivity contribution in [3.05, 3.63) is 28.2 Å². The van der Waals surface area contributed by atoms with Gasteiger partial charge in [-0.25, -0.2) is 4.79 Å². The molecule has 1 heterocycles. The molecule has 0 radical (unpaired) electrons. The zero-order valence-electron chi connectivity index (χ0n) is 12.8. The van der Waals surface area contributed by atoms with Crippen molar-refractivity contribution in [3.63, 3.8) is 0 Å². The Morgan fingerprint density at radius 1 is 1.43 bits per heavy atom. The van der Waals surface area contributed by atoms with Crippen LogP contribution in [0, 0.1) is 0 Å². The lowest BCUT2D eigenvalue weighted by Crippen LogP contribution is -2.54. The molecule has 1 aromatic rings. The van der Waals surface area contributed by atoms with E-state index < -0.39 is 17.5 Å². The number of nitrogens with zero attached hydrogens (tertiary/aromatic N) is 1. The fourth-order valence-electron chi connectivity index (χ4n) is 2.43. The van der Waals surface area contributed by atoms with Gasteiger partial charge in [-0.2, -0.15) is 0 Å². The third-order valence-corrected chi connectivity index (χ3v) is 4.56. The highest BCUT2D eigenvalue weighted by atomic mass is 35.5. The Morgan fingerprint density at radius 3 is 2.70 bits per heavy atom. The van der Waals surface area contributed by atoms with Gasteiger partial charge in [-0.3, -0.25) is 4.79 Å². The Balaban J connectivity index is 2.03. The summed E-state index contributed by atoms with van der Waals surface area (Å²) in [7, 11) is 1.20. The maximum atomic E-state index is 12.2. The number of aliphatic carboxylic acids is 1. The summed E-state index contributed by atoms with van der Waals surface area (Å²) in [4.78, 5) is 25.4. The minimum absolute atomic E-state index is 0.178. The van der Waals surface area contributed by atoms with Crippen LogP contribution < -0.4 is 10.2 Å². The fraction of sp³-hybridized carbons (Fsp3) is 0.467. The Kier molecular flexibility index (Phi) is 5.39. The number of carbonyl (C=O) groups excluding carboxylic acids is 1. The average molecular weight is 361 g/mol. The number of amides is 1. The van der Waals surface area contributed by atoms with E-state index in [1.165, 1.54) is 14.0 Å². The zero-order valence-corrected chi connectivity index (χ0v) is 14.3. The molecular weight excluding hydrogens is 343 g/mol. The number of rotatable bonds is 5. The van der Waals surface area contributed by atoms with Crippen molar-refractivity contribution in [2.45, 2.75) is 25.0 Å². The number of anilines is 1. The number of halogens is 2. The molecule has 1 aliphatic heterocycles. The number of nitrogens with one attached hydrogen (secondary N) is 1. The predicted molar refractivity (Wildman–Crippen MR) is 88.3 cm³/mol. The van der Waals surface area contributed by atoms with Gasteiger partial charge in [0, 0.05) is 31.3 Å². The van der Waals surface area contributed by atoms with Crippen LogP contribution in [0.2, 0.25) is 10.0 Å². The van der Waals surface area contributed by atoms with Crippen LogP contribution in [0.1, 0.15) is 13.3 Å². The van der Waals surface area contributed by atoms with E-state index in [-0.39, 0.29) is 6.04 Å². The highest BCUT2D eigenvalue weighted by Crippen LogP contribution is 2.31. The van der Waals surface area contributed by atoms with Gasteiger partial charge in [-0.05, 0) is 31.5 Å². The molecule has 8 heteroatoms.